The molecule has 0 amide bonds. The van der Waals surface area contributed by atoms with Crippen LogP contribution in [0.1, 0.15) is 53.4 Å². The van der Waals surface area contributed by atoms with Gasteiger partial charge in [0.25, 0.3) is 0 Å². The van der Waals surface area contributed by atoms with Gasteiger partial charge in [-0.2, -0.15) is 0 Å². The second-order valence-electron chi connectivity index (χ2n) is 7.89. The third kappa shape index (κ3) is 5.56. The van der Waals surface area contributed by atoms with E-state index in [0.29, 0.717) is 11.2 Å². The van der Waals surface area contributed by atoms with Gasteiger partial charge in [-0.05, 0) is 0 Å². The summed E-state index contributed by atoms with van der Waals surface area (Å²) >= 11 is 0.280. The van der Waals surface area contributed by atoms with Gasteiger partial charge in [-0.25, -0.2) is 0 Å². The first-order valence-corrected chi connectivity index (χ1v) is 11.0. The molecular weight excluding hydrogens is 373 g/mol. The van der Waals surface area contributed by atoms with E-state index in [4.69, 9.17) is 0 Å². The Balaban J connectivity index is 2.26. The van der Waals surface area contributed by atoms with Crippen LogP contribution in [-0.2, 0) is 4.79 Å². The van der Waals surface area contributed by atoms with E-state index in [1.54, 1.807) is 0 Å². The molecule has 0 heterocycles. The van der Waals surface area contributed by atoms with Gasteiger partial charge in [-0.1, -0.05) is 0 Å². The summed E-state index contributed by atoms with van der Waals surface area (Å²) < 4.78 is 1.35. The van der Waals surface area contributed by atoms with E-state index in [9.17, 15) is 10.1 Å². The van der Waals surface area contributed by atoms with Crippen LogP contribution in [0.15, 0.2) is 42.0 Å². The maximum absolute atomic E-state index is 12.9. The van der Waals surface area contributed by atoms with Gasteiger partial charge in [0.2, 0.25) is 0 Å². The fraction of sp³-hybridized carbons (Fsp3) is 0.545. The minimum absolute atomic E-state index is 0.0257. The van der Waals surface area contributed by atoms with Gasteiger partial charge in [0.1, 0.15) is 0 Å². The van der Waals surface area contributed by atoms with Gasteiger partial charge in [-0.3, -0.25) is 0 Å². The van der Waals surface area contributed by atoms with Gasteiger partial charge in [-0.15, -0.1) is 0 Å². The van der Waals surface area contributed by atoms with Crippen molar-refractivity contribution in [3.05, 3.63) is 42.0 Å². The molecule has 134 valence electrons. The molecule has 0 saturated heterocycles. The number of nitrogens with zero attached hydrogens (tertiary/aromatic N) is 1. The van der Waals surface area contributed by atoms with Crippen LogP contribution < -0.4 is 4.46 Å². The number of ketones is 1. The number of Topliss-reactive ketones (excluding diaryl/α,β-unsaturated/α-hetero) is 1. The Hall–Kier alpha value is -1.36. The predicted molar refractivity (Wildman–Crippen MR) is 105 cm³/mol. The topological polar surface area (TPSA) is 40.9 Å². The van der Waals surface area contributed by atoms with Crippen molar-refractivity contribution in [2.75, 3.05) is 0 Å². The second kappa shape index (κ2) is 8.84. The summed E-state index contributed by atoms with van der Waals surface area (Å²) in [5.41, 5.74) is 1.23. The van der Waals surface area contributed by atoms with Crippen LogP contribution in [0, 0.1) is 28.6 Å². The van der Waals surface area contributed by atoms with Crippen LogP contribution in [0.25, 0.3) is 0 Å². The molecule has 0 radical (unpaired) electrons. The van der Waals surface area contributed by atoms with E-state index in [2.05, 4.69) is 64.1 Å². The van der Waals surface area contributed by atoms with E-state index in [1.807, 2.05) is 6.07 Å². The molecule has 0 bridgehead atoms. The van der Waals surface area contributed by atoms with E-state index < -0.39 is 0 Å². The number of carbonyl (C=O) groups excluding carboxylic acids is 1. The second-order valence-corrected chi connectivity index (χ2v) is 10.6. The summed E-state index contributed by atoms with van der Waals surface area (Å²) in [6, 6.07) is 13.0. The molecule has 0 unspecified atom stereocenters. The molecule has 3 atom stereocenters. The molecule has 25 heavy (non-hydrogen) atoms. The zero-order chi connectivity index (χ0) is 18.4. The number of rotatable bonds is 2. The number of hydrogen-bond acceptors (Lipinski definition) is 2. The van der Waals surface area contributed by atoms with Crippen molar-refractivity contribution in [2.45, 2.75) is 58.2 Å². The van der Waals surface area contributed by atoms with Crippen molar-refractivity contribution in [3.63, 3.8) is 0 Å². The van der Waals surface area contributed by atoms with Crippen LogP contribution >= 0.6 is 0 Å². The minimum atomic E-state index is -0.213. The fourth-order valence-electron chi connectivity index (χ4n) is 3.23. The summed E-state index contributed by atoms with van der Waals surface area (Å²) in [5, 5.41) is 9.63. The molecule has 1 aliphatic rings. The zero-order valence-electron chi connectivity index (χ0n) is 15.8. The molecule has 0 spiro atoms. The molecule has 0 saturated carbocycles. The maximum atomic E-state index is 12.9. The number of allylic oxidation sites excluding steroid dienone is 2. The molecule has 2 nitrogen and oxygen atoms in total. The van der Waals surface area contributed by atoms with Crippen molar-refractivity contribution in [1.29, 1.82) is 5.26 Å². The molecule has 3 heteroatoms. The Bertz CT molecular complexity index is 656. The van der Waals surface area contributed by atoms with Crippen LogP contribution in [0.5, 0.6) is 0 Å². The monoisotopic (exact) mass is 403 g/mol. The summed E-state index contributed by atoms with van der Waals surface area (Å²) in [7, 11) is 0. The molecule has 0 fully saturated rings. The Morgan fingerprint density at radius 2 is 1.92 bits per heavy atom. The quantitative estimate of drug-likeness (QED) is 0.532. The summed E-state index contributed by atoms with van der Waals surface area (Å²) in [5.74, 6) is 0.0780. The average Bonchev–Trinajstić information content (AvgIpc) is 2.61. The fourth-order valence-corrected chi connectivity index (χ4v) is 5.86. The van der Waals surface area contributed by atoms with Gasteiger partial charge in [0, 0.05) is 0 Å². The van der Waals surface area contributed by atoms with Crippen molar-refractivity contribution in [3.8, 4) is 6.07 Å². The van der Waals surface area contributed by atoms with E-state index in [1.165, 1.54) is 10.0 Å². The Kier molecular flexibility index (Phi) is 7.05. The Labute approximate surface area is 158 Å². The molecule has 1 aromatic carbocycles. The van der Waals surface area contributed by atoms with E-state index >= 15 is 0 Å². The molecule has 1 aliphatic carbocycles. The number of nitriles is 1. The SMILES string of the molecule is C/C1=C\CC(C)(C)[C@@H](C#N)CC(=O)[C@@H](C)[C@H]([Se]c2ccccc2)CC1. The zero-order valence-corrected chi connectivity index (χ0v) is 17.5. The number of benzene rings is 1. The molecule has 1 aromatic rings. The van der Waals surface area contributed by atoms with Crippen LogP contribution in [-0.4, -0.2) is 20.7 Å². The summed E-state index contributed by atoms with van der Waals surface area (Å²) in [6.07, 6.45) is 5.65. The number of hydrogen-bond donors (Lipinski definition) is 0. The third-order valence-corrected chi connectivity index (χ3v) is 8.53. The van der Waals surface area contributed by atoms with Gasteiger partial charge in [0.05, 0.1) is 0 Å². The number of carbonyl (C=O) groups is 1. The van der Waals surface area contributed by atoms with Gasteiger partial charge >= 0.3 is 159 Å². The molecule has 2 rings (SSSR count). The molecule has 0 aromatic heterocycles. The third-order valence-electron chi connectivity index (χ3n) is 5.40. The summed E-state index contributed by atoms with van der Waals surface area (Å²) in [6.45, 7) is 8.50. The van der Waals surface area contributed by atoms with Crippen molar-refractivity contribution < 1.29 is 4.79 Å². The van der Waals surface area contributed by atoms with Crippen LogP contribution in [0.2, 0.25) is 4.82 Å². The standard InChI is InChI=1S/C22H29NOSe/c1-16-10-11-21(25-19-8-6-5-7-9-19)17(2)20(24)14-18(15-23)22(3,4)13-12-16/h5-9,12,17-18,21H,10-11,13-14H2,1-4H3/b16-12+/t17-,18-,21-/m1/s1. The first kappa shape index (κ1) is 20.0. The van der Waals surface area contributed by atoms with Crippen molar-refractivity contribution in [2.24, 2.45) is 17.3 Å². The van der Waals surface area contributed by atoms with E-state index in [0.717, 1.165) is 19.3 Å². The van der Waals surface area contributed by atoms with Crippen molar-refractivity contribution >= 4 is 25.2 Å². The average molecular weight is 402 g/mol. The predicted octanol–water partition coefficient (Wildman–Crippen LogP) is 4.70. The van der Waals surface area contributed by atoms with E-state index in [-0.39, 0.29) is 38.0 Å². The molecule has 0 N–H and O–H groups in total. The molecular formula is C22H29NOSe. The first-order valence-electron chi connectivity index (χ1n) is 9.13. The van der Waals surface area contributed by atoms with Crippen molar-refractivity contribution in [1.82, 2.24) is 0 Å². The first-order chi connectivity index (χ1) is 11.8. The van der Waals surface area contributed by atoms with Gasteiger partial charge in [0.15, 0.2) is 0 Å². The Morgan fingerprint density at radius 3 is 2.56 bits per heavy atom. The van der Waals surface area contributed by atoms with Crippen LogP contribution in [0.4, 0.5) is 0 Å². The summed E-state index contributed by atoms with van der Waals surface area (Å²) in [4.78, 5) is 13.3. The van der Waals surface area contributed by atoms with Crippen LogP contribution in [0.3, 0.4) is 0 Å². The Morgan fingerprint density at radius 1 is 1.24 bits per heavy atom. The van der Waals surface area contributed by atoms with Gasteiger partial charge < -0.3 is 0 Å². The molecule has 0 aliphatic heterocycles. The normalized spacial score (nSPS) is 29.8.